The van der Waals surface area contributed by atoms with Gasteiger partial charge in [-0.25, -0.2) is 9.59 Å². The zero-order valence-electron chi connectivity index (χ0n) is 10.7. The van der Waals surface area contributed by atoms with E-state index in [4.69, 9.17) is 21.8 Å². The molecule has 124 valence electrons. The largest absolute Gasteiger partial charge is 0.474 e. The minimum absolute atomic E-state index is 0.333. The summed E-state index contributed by atoms with van der Waals surface area (Å²) in [7, 11) is 0. The number of aliphatic carboxylic acids is 2. The van der Waals surface area contributed by atoms with Crippen molar-refractivity contribution in [3.8, 4) is 0 Å². The predicted molar refractivity (Wildman–Crippen MR) is 69.0 cm³/mol. The number of hydrogen-bond acceptors (Lipinski definition) is 4. The number of carboxylic acid groups (broad SMARTS) is 2. The molecule has 0 atom stereocenters. The van der Waals surface area contributed by atoms with E-state index in [0.29, 0.717) is 12.1 Å². The summed E-state index contributed by atoms with van der Waals surface area (Å²) in [4.78, 5) is 42.9. The molecule has 8 nitrogen and oxygen atoms in total. The predicted octanol–water partition coefficient (Wildman–Crippen LogP) is 1.40. The van der Waals surface area contributed by atoms with E-state index in [2.05, 4.69) is 0 Å². The van der Waals surface area contributed by atoms with E-state index < -0.39 is 51.9 Å². The van der Waals surface area contributed by atoms with Crippen LogP contribution in [0, 0.1) is 0 Å². The quantitative estimate of drug-likeness (QED) is 0.593. The Balaban J connectivity index is 3.39. The van der Waals surface area contributed by atoms with Gasteiger partial charge in [0.1, 0.15) is 0 Å². The number of alkyl halides is 3. The minimum atomic E-state index is -4.93. The summed E-state index contributed by atoms with van der Waals surface area (Å²) in [6.07, 6.45) is -4.93. The van der Waals surface area contributed by atoms with Crippen molar-refractivity contribution in [1.82, 2.24) is 0 Å². The highest BCUT2D eigenvalue weighted by molar-refractivity contribution is 6.42. The highest BCUT2D eigenvalue weighted by atomic mass is 35.5. The van der Waals surface area contributed by atoms with Crippen LogP contribution in [0.5, 0.6) is 0 Å². The molecule has 0 spiro atoms. The van der Waals surface area contributed by atoms with Crippen molar-refractivity contribution < 1.29 is 42.6 Å². The number of halogens is 4. The van der Waals surface area contributed by atoms with Gasteiger partial charge in [0, 0.05) is 0 Å². The van der Waals surface area contributed by atoms with Crippen LogP contribution in [-0.2, 0) is 25.4 Å². The van der Waals surface area contributed by atoms with Gasteiger partial charge in [-0.05, 0) is 12.1 Å². The standard InChI is InChI=1S/C11H6ClF3N2O6/c12-6-4(16-7(18)9(20)21)1-3(11(13,14)15)2-5(6)17-8(19)10(22)23/h1-2H,(H,16,18)(H,17,19)(H,20,21)(H,22,23). The van der Waals surface area contributed by atoms with Crippen molar-refractivity contribution >= 4 is 46.7 Å². The Morgan fingerprint density at radius 1 is 0.913 bits per heavy atom. The van der Waals surface area contributed by atoms with E-state index in [-0.39, 0.29) is 0 Å². The van der Waals surface area contributed by atoms with E-state index in [1.54, 1.807) is 10.6 Å². The minimum Gasteiger partial charge on any atom is -0.474 e. The third-order valence-corrected chi connectivity index (χ3v) is 2.69. The zero-order valence-corrected chi connectivity index (χ0v) is 11.4. The molecule has 0 saturated carbocycles. The highest BCUT2D eigenvalue weighted by Gasteiger charge is 2.33. The molecule has 0 fully saturated rings. The molecule has 1 aromatic rings. The topological polar surface area (TPSA) is 133 Å². The lowest BCUT2D eigenvalue weighted by atomic mass is 10.1. The molecule has 1 rings (SSSR count). The molecular weight excluding hydrogens is 349 g/mol. The molecule has 0 aliphatic rings. The molecule has 23 heavy (non-hydrogen) atoms. The average molecular weight is 355 g/mol. The number of carbonyl (C=O) groups excluding carboxylic acids is 2. The first-order valence-corrected chi connectivity index (χ1v) is 5.80. The number of anilines is 2. The first-order chi connectivity index (χ1) is 10.4. The highest BCUT2D eigenvalue weighted by Crippen LogP contribution is 2.38. The van der Waals surface area contributed by atoms with Gasteiger partial charge >= 0.3 is 29.9 Å². The van der Waals surface area contributed by atoms with Crippen molar-refractivity contribution in [2.75, 3.05) is 10.6 Å². The second-order valence-electron chi connectivity index (χ2n) is 3.90. The smallest absolute Gasteiger partial charge is 0.416 e. The van der Waals surface area contributed by atoms with Crippen LogP contribution in [0.3, 0.4) is 0 Å². The lowest BCUT2D eigenvalue weighted by Gasteiger charge is -2.15. The molecule has 0 aromatic heterocycles. The lowest BCUT2D eigenvalue weighted by molar-refractivity contribution is -0.147. The fourth-order valence-corrected chi connectivity index (χ4v) is 1.53. The summed E-state index contributed by atoms with van der Waals surface area (Å²) in [6.45, 7) is 0. The number of benzene rings is 1. The van der Waals surface area contributed by atoms with Crippen LogP contribution < -0.4 is 10.6 Å². The number of carbonyl (C=O) groups is 4. The lowest BCUT2D eigenvalue weighted by Crippen LogP contribution is -2.24. The third kappa shape index (κ3) is 4.57. The van der Waals surface area contributed by atoms with Gasteiger partial charge < -0.3 is 20.8 Å². The molecule has 12 heteroatoms. The SMILES string of the molecule is O=C(O)C(=O)Nc1cc(C(F)(F)F)cc(NC(=O)C(=O)O)c1Cl. The van der Waals surface area contributed by atoms with Gasteiger partial charge in [-0.3, -0.25) is 9.59 Å². The second-order valence-corrected chi connectivity index (χ2v) is 4.28. The van der Waals surface area contributed by atoms with Crippen molar-refractivity contribution in [3.05, 3.63) is 22.7 Å². The van der Waals surface area contributed by atoms with Crippen molar-refractivity contribution in [2.24, 2.45) is 0 Å². The summed E-state index contributed by atoms with van der Waals surface area (Å²) >= 11 is 5.65. The third-order valence-electron chi connectivity index (χ3n) is 2.28. The number of amides is 2. The number of carboxylic acids is 2. The molecular formula is C11H6ClF3N2O6. The molecule has 0 bridgehead atoms. The molecule has 0 aliphatic carbocycles. The van der Waals surface area contributed by atoms with Crippen LogP contribution in [0.15, 0.2) is 12.1 Å². The van der Waals surface area contributed by atoms with Crippen LogP contribution >= 0.6 is 11.6 Å². The Bertz CT molecular complexity index is 654. The average Bonchev–Trinajstić information content (AvgIpc) is 2.41. The monoisotopic (exact) mass is 354 g/mol. The van der Waals surface area contributed by atoms with Crippen LogP contribution in [0.25, 0.3) is 0 Å². The van der Waals surface area contributed by atoms with Crippen molar-refractivity contribution in [1.29, 1.82) is 0 Å². The first kappa shape index (κ1) is 18.2. The zero-order chi connectivity index (χ0) is 17.9. The van der Waals surface area contributed by atoms with Crippen LogP contribution in [0.4, 0.5) is 24.5 Å². The summed E-state index contributed by atoms with van der Waals surface area (Å²) < 4.78 is 38.3. The first-order valence-electron chi connectivity index (χ1n) is 5.42. The molecule has 4 N–H and O–H groups in total. The normalized spacial score (nSPS) is 10.8. The van der Waals surface area contributed by atoms with Crippen LogP contribution in [-0.4, -0.2) is 34.0 Å². The van der Waals surface area contributed by atoms with Gasteiger partial charge in [-0.15, -0.1) is 0 Å². The number of nitrogens with one attached hydrogen (secondary N) is 2. The van der Waals surface area contributed by atoms with Gasteiger partial charge in [0.25, 0.3) is 0 Å². The Hall–Kier alpha value is -2.82. The molecule has 0 saturated heterocycles. The van der Waals surface area contributed by atoms with Gasteiger partial charge in [0.05, 0.1) is 22.0 Å². The summed E-state index contributed by atoms with van der Waals surface area (Å²) in [5.41, 5.74) is -2.94. The van der Waals surface area contributed by atoms with Gasteiger partial charge in [-0.1, -0.05) is 11.6 Å². The van der Waals surface area contributed by atoms with Crippen LogP contribution in [0.2, 0.25) is 5.02 Å². The summed E-state index contributed by atoms with van der Waals surface area (Å²) in [5, 5.41) is 19.4. The summed E-state index contributed by atoms with van der Waals surface area (Å²) in [5.74, 6) is -7.34. The van der Waals surface area contributed by atoms with Gasteiger partial charge in [0.15, 0.2) is 0 Å². The Kier molecular flexibility index (Phi) is 5.17. The van der Waals surface area contributed by atoms with Crippen LogP contribution in [0.1, 0.15) is 5.56 Å². The molecule has 0 aliphatic heterocycles. The number of hydrogen-bond donors (Lipinski definition) is 4. The molecule has 0 heterocycles. The Morgan fingerprint density at radius 3 is 1.52 bits per heavy atom. The fourth-order valence-electron chi connectivity index (χ4n) is 1.32. The maximum absolute atomic E-state index is 12.8. The summed E-state index contributed by atoms with van der Waals surface area (Å²) in [6, 6.07) is 0.666. The fraction of sp³-hybridized carbons (Fsp3) is 0.0909. The van der Waals surface area contributed by atoms with E-state index in [0.717, 1.165) is 0 Å². The molecule has 0 radical (unpaired) electrons. The molecule has 0 unspecified atom stereocenters. The maximum atomic E-state index is 12.8. The van der Waals surface area contributed by atoms with E-state index in [1.807, 2.05) is 0 Å². The van der Waals surface area contributed by atoms with E-state index in [1.165, 1.54) is 0 Å². The Labute approximate surface area is 129 Å². The van der Waals surface area contributed by atoms with Crippen molar-refractivity contribution in [2.45, 2.75) is 6.18 Å². The molecule has 1 aromatic carbocycles. The van der Waals surface area contributed by atoms with E-state index >= 15 is 0 Å². The Morgan fingerprint density at radius 2 is 1.26 bits per heavy atom. The van der Waals surface area contributed by atoms with Gasteiger partial charge in [0.2, 0.25) is 0 Å². The number of rotatable bonds is 2. The van der Waals surface area contributed by atoms with Gasteiger partial charge in [-0.2, -0.15) is 13.2 Å². The second kappa shape index (κ2) is 6.52. The van der Waals surface area contributed by atoms with E-state index in [9.17, 15) is 32.3 Å². The maximum Gasteiger partial charge on any atom is 0.416 e. The van der Waals surface area contributed by atoms with Crippen molar-refractivity contribution in [3.63, 3.8) is 0 Å². The molecule has 2 amide bonds.